The second kappa shape index (κ2) is 6.35. The number of amides is 1. The summed E-state index contributed by atoms with van der Waals surface area (Å²) in [5, 5.41) is 0. The third-order valence-corrected chi connectivity index (χ3v) is 4.14. The number of pyridine rings is 1. The van der Waals surface area contributed by atoms with Crippen LogP contribution in [0.1, 0.15) is 50.4 Å². The zero-order chi connectivity index (χ0) is 14.6. The van der Waals surface area contributed by atoms with Crippen molar-refractivity contribution in [2.45, 2.75) is 58.0 Å². The summed E-state index contributed by atoms with van der Waals surface area (Å²) >= 11 is 0. The van der Waals surface area contributed by atoms with Gasteiger partial charge in [0.1, 0.15) is 0 Å². The highest BCUT2D eigenvalue weighted by Crippen LogP contribution is 2.30. The van der Waals surface area contributed by atoms with E-state index in [4.69, 9.17) is 5.73 Å². The van der Waals surface area contributed by atoms with Gasteiger partial charge < -0.3 is 10.6 Å². The van der Waals surface area contributed by atoms with Crippen LogP contribution in [0.15, 0.2) is 18.2 Å². The molecule has 1 aliphatic carbocycles. The van der Waals surface area contributed by atoms with Crippen molar-refractivity contribution in [3.05, 3.63) is 29.6 Å². The van der Waals surface area contributed by atoms with E-state index >= 15 is 0 Å². The molecule has 0 bridgehead atoms. The lowest BCUT2D eigenvalue weighted by Crippen LogP contribution is -2.43. The molecule has 0 unspecified atom stereocenters. The monoisotopic (exact) mass is 275 g/mol. The zero-order valence-corrected chi connectivity index (χ0v) is 12.6. The molecule has 4 heteroatoms. The molecule has 0 aliphatic heterocycles. The van der Waals surface area contributed by atoms with Gasteiger partial charge in [0.15, 0.2) is 0 Å². The van der Waals surface area contributed by atoms with Crippen LogP contribution in [0.2, 0.25) is 0 Å². The molecule has 2 N–H and O–H groups in total. The lowest BCUT2D eigenvalue weighted by molar-refractivity contribution is -0.132. The van der Waals surface area contributed by atoms with Gasteiger partial charge in [0.05, 0.1) is 12.2 Å². The van der Waals surface area contributed by atoms with Gasteiger partial charge in [-0.2, -0.15) is 0 Å². The highest BCUT2D eigenvalue weighted by Gasteiger charge is 2.33. The maximum atomic E-state index is 12.4. The van der Waals surface area contributed by atoms with Crippen LogP contribution in [-0.4, -0.2) is 27.9 Å². The fourth-order valence-corrected chi connectivity index (χ4v) is 2.93. The number of carbonyl (C=O) groups is 1. The van der Waals surface area contributed by atoms with E-state index in [1.165, 1.54) is 0 Å². The van der Waals surface area contributed by atoms with Gasteiger partial charge in [-0.25, -0.2) is 0 Å². The summed E-state index contributed by atoms with van der Waals surface area (Å²) in [6.45, 7) is 5.25. The number of hydrogen-bond acceptors (Lipinski definition) is 3. The molecule has 1 heterocycles. The molecule has 0 radical (unpaired) electrons. The Kier molecular flexibility index (Phi) is 4.76. The van der Waals surface area contributed by atoms with Crippen LogP contribution < -0.4 is 5.73 Å². The Labute approximate surface area is 121 Å². The van der Waals surface area contributed by atoms with Crippen molar-refractivity contribution in [2.75, 3.05) is 6.54 Å². The molecule has 0 saturated heterocycles. The van der Waals surface area contributed by atoms with E-state index < -0.39 is 0 Å². The van der Waals surface area contributed by atoms with Gasteiger partial charge >= 0.3 is 0 Å². The lowest BCUT2D eigenvalue weighted by atomic mass is 9.94. The third-order valence-electron chi connectivity index (χ3n) is 4.14. The van der Waals surface area contributed by atoms with Crippen molar-refractivity contribution < 1.29 is 4.79 Å². The lowest BCUT2D eigenvalue weighted by Gasteiger charge is -2.27. The fraction of sp³-hybridized carbons (Fsp3) is 0.625. The van der Waals surface area contributed by atoms with Crippen molar-refractivity contribution in [3.63, 3.8) is 0 Å². The van der Waals surface area contributed by atoms with Crippen molar-refractivity contribution >= 4 is 5.91 Å². The van der Waals surface area contributed by atoms with E-state index in [1.807, 2.05) is 36.9 Å². The van der Waals surface area contributed by atoms with E-state index in [9.17, 15) is 4.79 Å². The summed E-state index contributed by atoms with van der Waals surface area (Å²) in [6.07, 6.45) is 4.70. The zero-order valence-electron chi connectivity index (χ0n) is 12.6. The average molecular weight is 275 g/mol. The van der Waals surface area contributed by atoms with Gasteiger partial charge in [0.2, 0.25) is 5.91 Å². The van der Waals surface area contributed by atoms with Crippen LogP contribution in [0.4, 0.5) is 0 Å². The normalized spacial score (nSPS) is 17.1. The van der Waals surface area contributed by atoms with Crippen molar-refractivity contribution in [1.82, 2.24) is 9.88 Å². The number of nitrogens with two attached hydrogens (primary N) is 1. The first-order chi connectivity index (χ1) is 9.52. The summed E-state index contributed by atoms with van der Waals surface area (Å²) < 4.78 is 0. The van der Waals surface area contributed by atoms with E-state index in [2.05, 4.69) is 4.98 Å². The van der Waals surface area contributed by atoms with Gasteiger partial charge in [0, 0.05) is 24.2 Å². The summed E-state index contributed by atoms with van der Waals surface area (Å²) in [6, 6.07) is 5.92. The minimum absolute atomic E-state index is 0.153. The molecule has 1 aromatic heterocycles. The SMILES string of the molecule is CCN(Cc1cccc(C)n1)C(=O)CC1(N)CCCC1. The first kappa shape index (κ1) is 15.0. The van der Waals surface area contributed by atoms with Crippen LogP contribution in [0.3, 0.4) is 0 Å². The molecule has 1 aromatic rings. The largest absolute Gasteiger partial charge is 0.337 e. The van der Waals surface area contributed by atoms with Crippen LogP contribution in [0.5, 0.6) is 0 Å². The number of aryl methyl sites for hydroxylation is 1. The molecule has 1 fully saturated rings. The van der Waals surface area contributed by atoms with E-state index in [0.717, 1.165) is 37.1 Å². The van der Waals surface area contributed by atoms with Crippen molar-refractivity contribution in [1.29, 1.82) is 0 Å². The predicted octanol–water partition coefficient (Wildman–Crippen LogP) is 2.40. The first-order valence-corrected chi connectivity index (χ1v) is 7.51. The molecule has 1 saturated carbocycles. The molecule has 1 aliphatic rings. The van der Waals surface area contributed by atoms with Crippen LogP contribution >= 0.6 is 0 Å². The topological polar surface area (TPSA) is 59.2 Å². The summed E-state index contributed by atoms with van der Waals surface area (Å²) in [5.41, 5.74) is 7.96. The molecular weight excluding hydrogens is 250 g/mol. The predicted molar refractivity (Wildman–Crippen MR) is 80.1 cm³/mol. The fourth-order valence-electron chi connectivity index (χ4n) is 2.93. The van der Waals surface area contributed by atoms with Gasteiger partial charge in [0.25, 0.3) is 0 Å². The van der Waals surface area contributed by atoms with Gasteiger partial charge in [-0.05, 0) is 38.8 Å². The van der Waals surface area contributed by atoms with Crippen LogP contribution in [0, 0.1) is 6.92 Å². The number of nitrogens with zero attached hydrogens (tertiary/aromatic N) is 2. The smallest absolute Gasteiger partial charge is 0.224 e. The Morgan fingerprint density at radius 3 is 2.70 bits per heavy atom. The Hall–Kier alpha value is -1.42. The number of aromatic nitrogens is 1. The summed E-state index contributed by atoms with van der Waals surface area (Å²) in [4.78, 5) is 18.8. The van der Waals surface area contributed by atoms with Crippen LogP contribution in [-0.2, 0) is 11.3 Å². The molecule has 0 atom stereocenters. The van der Waals surface area contributed by atoms with Gasteiger partial charge in [-0.1, -0.05) is 18.9 Å². The Morgan fingerprint density at radius 2 is 2.10 bits per heavy atom. The number of carbonyl (C=O) groups excluding carboxylic acids is 1. The van der Waals surface area contributed by atoms with E-state index in [1.54, 1.807) is 0 Å². The van der Waals surface area contributed by atoms with Crippen molar-refractivity contribution in [3.8, 4) is 0 Å². The first-order valence-electron chi connectivity index (χ1n) is 7.51. The standard InChI is InChI=1S/C16H25N3O/c1-3-19(12-14-8-6-7-13(2)18-14)15(20)11-16(17)9-4-5-10-16/h6-8H,3-5,9-12,17H2,1-2H3. The number of hydrogen-bond donors (Lipinski definition) is 1. The van der Waals surface area contributed by atoms with E-state index in [-0.39, 0.29) is 11.4 Å². The van der Waals surface area contributed by atoms with E-state index in [0.29, 0.717) is 19.5 Å². The number of rotatable bonds is 5. The van der Waals surface area contributed by atoms with Crippen molar-refractivity contribution in [2.24, 2.45) is 5.73 Å². The highest BCUT2D eigenvalue weighted by atomic mass is 16.2. The third kappa shape index (κ3) is 3.79. The summed E-state index contributed by atoms with van der Waals surface area (Å²) in [7, 11) is 0. The van der Waals surface area contributed by atoms with Gasteiger partial charge in [-0.3, -0.25) is 9.78 Å². The Morgan fingerprint density at radius 1 is 1.40 bits per heavy atom. The maximum absolute atomic E-state index is 12.4. The molecule has 20 heavy (non-hydrogen) atoms. The second-order valence-corrected chi connectivity index (χ2v) is 5.92. The molecule has 110 valence electrons. The Bertz CT molecular complexity index is 467. The summed E-state index contributed by atoms with van der Waals surface area (Å²) in [5.74, 6) is 0.153. The second-order valence-electron chi connectivity index (χ2n) is 5.92. The molecule has 1 amide bonds. The van der Waals surface area contributed by atoms with Crippen LogP contribution in [0.25, 0.3) is 0 Å². The molecular formula is C16H25N3O. The quantitative estimate of drug-likeness (QED) is 0.897. The molecule has 4 nitrogen and oxygen atoms in total. The molecule has 0 spiro atoms. The molecule has 2 rings (SSSR count). The maximum Gasteiger partial charge on any atom is 0.224 e. The average Bonchev–Trinajstić information content (AvgIpc) is 2.82. The Balaban J connectivity index is 1.98. The molecule has 0 aromatic carbocycles. The minimum atomic E-state index is -0.273. The van der Waals surface area contributed by atoms with Gasteiger partial charge in [-0.15, -0.1) is 0 Å². The minimum Gasteiger partial charge on any atom is -0.337 e. The highest BCUT2D eigenvalue weighted by molar-refractivity contribution is 5.77.